The first-order valence-electron chi connectivity index (χ1n) is 6.98. The van der Waals surface area contributed by atoms with E-state index in [0.717, 1.165) is 25.2 Å². The predicted octanol–water partition coefficient (Wildman–Crippen LogP) is 0.229. The number of likely N-dealkylation sites (tertiary alicyclic amines) is 1. The summed E-state index contributed by atoms with van der Waals surface area (Å²) in [5.74, 6) is 0.0505. The lowest BCUT2D eigenvalue weighted by atomic mass is 10.0. The van der Waals surface area contributed by atoms with Crippen molar-refractivity contribution in [2.24, 2.45) is 5.73 Å². The van der Waals surface area contributed by atoms with E-state index in [0.29, 0.717) is 25.6 Å². The van der Waals surface area contributed by atoms with E-state index in [1.807, 2.05) is 6.07 Å². The van der Waals surface area contributed by atoms with Crippen molar-refractivity contribution in [3.8, 4) is 0 Å². The highest BCUT2D eigenvalue weighted by atomic mass is 16.1. The zero-order valence-electron chi connectivity index (χ0n) is 11.3. The Morgan fingerprint density at radius 1 is 1.58 bits per heavy atom. The first-order chi connectivity index (χ1) is 9.29. The predicted molar refractivity (Wildman–Crippen MR) is 73.3 cm³/mol. The van der Waals surface area contributed by atoms with Gasteiger partial charge in [0.05, 0.1) is 0 Å². The average molecular weight is 265 g/mol. The molecule has 1 aliphatic heterocycles. The van der Waals surface area contributed by atoms with Gasteiger partial charge < -0.3 is 11.1 Å². The van der Waals surface area contributed by atoms with E-state index >= 15 is 0 Å². The molecule has 1 unspecified atom stereocenters. The van der Waals surface area contributed by atoms with E-state index in [-0.39, 0.29) is 5.91 Å². The molecular formula is C13H23N5O. The molecule has 106 valence electrons. The summed E-state index contributed by atoms with van der Waals surface area (Å²) in [4.78, 5) is 13.9. The Morgan fingerprint density at radius 2 is 2.47 bits per heavy atom. The van der Waals surface area contributed by atoms with Crippen LogP contribution in [0.5, 0.6) is 0 Å². The average Bonchev–Trinajstić information content (AvgIpc) is 2.91. The molecule has 1 atom stereocenters. The monoisotopic (exact) mass is 265 g/mol. The van der Waals surface area contributed by atoms with Crippen molar-refractivity contribution in [3.05, 3.63) is 18.0 Å². The fourth-order valence-electron chi connectivity index (χ4n) is 2.54. The molecular weight excluding hydrogens is 242 g/mol. The molecule has 6 heteroatoms. The normalized spacial score (nSPS) is 20.4. The number of carbonyl (C=O) groups excluding carboxylic acids is 1. The van der Waals surface area contributed by atoms with E-state index in [4.69, 9.17) is 5.73 Å². The standard InChI is InChI=1S/C13H23N5O/c14-6-4-13(19)15-9-12-3-1-2-8-18(12)10-11-5-7-16-17-11/h5,7,12H,1-4,6,8-10,14H2,(H,15,19)(H,16,17). The third kappa shape index (κ3) is 4.33. The lowest BCUT2D eigenvalue weighted by molar-refractivity contribution is -0.121. The number of nitrogens with two attached hydrogens (primary N) is 1. The van der Waals surface area contributed by atoms with Crippen molar-refractivity contribution in [1.82, 2.24) is 20.4 Å². The third-order valence-electron chi connectivity index (χ3n) is 3.59. The lowest BCUT2D eigenvalue weighted by Gasteiger charge is -2.35. The highest BCUT2D eigenvalue weighted by Gasteiger charge is 2.23. The molecule has 1 aromatic rings. The topological polar surface area (TPSA) is 87.0 Å². The molecule has 2 rings (SSSR count). The van der Waals surface area contributed by atoms with Gasteiger partial charge in [-0.25, -0.2) is 0 Å². The second kappa shape index (κ2) is 7.25. The van der Waals surface area contributed by atoms with Crippen molar-refractivity contribution in [2.45, 2.75) is 38.3 Å². The van der Waals surface area contributed by atoms with Crippen molar-refractivity contribution >= 4 is 5.91 Å². The quantitative estimate of drug-likeness (QED) is 0.687. The minimum atomic E-state index is 0.0505. The van der Waals surface area contributed by atoms with Crippen LogP contribution in [-0.4, -0.2) is 46.7 Å². The van der Waals surface area contributed by atoms with Crippen molar-refractivity contribution in [3.63, 3.8) is 0 Å². The lowest BCUT2D eigenvalue weighted by Crippen LogP contribution is -2.46. The maximum atomic E-state index is 11.5. The summed E-state index contributed by atoms with van der Waals surface area (Å²) in [6, 6.07) is 2.41. The van der Waals surface area contributed by atoms with Crippen LogP contribution >= 0.6 is 0 Å². The Kier molecular flexibility index (Phi) is 5.35. The van der Waals surface area contributed by atoms with Gasteiger partial charge in [-0.1, -0.05) is 6.42 Å². The van der Waals surface area contributed by atoms with E-state index in [1.54, 1.807) is 6.20 Å². The Balaban J connectivity index is 1.83. The molecule has 0 saturated carbocycles. The van der Waals surface area contributed by atoms with Gasteiger partial charge in [-0.3, -0.25) is 14.8 Å². The molecule has 1 aliphatic rings. The Bertz CT molecular complexity index is 378. The van der Waals surface area contributed by atoms with Crippen LogP contribution in [0.1, 0.15) is 31.4 Å². The molecule has 6 nitrogen and oxygen atoms in total. The fraction of sp³-hybridized carbons (Fsp3) is 0.692. The van der Waals surface area contributed by atoms with Crippen LogP contribution in [0, 0.1) is 0 Å². The highest BCUT2D eigenvalue weighted by molar-refractivity contribution is 5.76. The van der Waals surface area contributed by atoms with Gasteiger partial charge in [-0.2, -0.15) is 5.10 Å². The summed E-state index contributed by atoms with van der Waals surface area (Å²) in [5, 5.41) is 9.95. The van der Waals surface area contributed by atoms with Crippen molar-refractivity contribution in [1.29, 1.82) is 0 Å². The number of hydrogen-bond acceptors (Lipinski definition) is 4. The van der Waals surface area contributed by atoms with E-state index in [1.165, 1.54) is 12.8 Å². The molecule has 1 fully saturated rings. The number of aromatic amines is 1. The summed E-state index contributed by atoms with van der Waals surface area (Å²) in [5.41, 5.74) is 6.50. The third-order valence-corrected chi connectivity index (χ3v) is 3.59. The van der Waals surface area contributed by atoms with Crippen LogP contribution in [0.3, 0.4) is 0 Å². The number of piperidine rings is 1. The van der Waals surface area contributed by atoms with Gasteiger partial charge in [-0.05, 0) is 25.5 Å². The van der Waals surface area contributed by atoms with E-state index in [2.05, 4.69) is 20.4 Å². The molecule has 4 N–H and O–H groups in total. The van der Waals surface area contributed by atoms with Gasteiger partial charge in [0.2, 0.25) is 5.91 Å². The van der Waals surface area contributed by atoms with Crippen LogP contribution in [0.4, 0.5) is 0 Å². The van der Waals surface area contributed by atoms with Gasteiger partial charge in [0.15, 0.2) is 0 Å². The summed E-state index contributed by atoms with van der Waals surface area (Å²) < 4.78 is 0. The number of carbonyl (C=O) groups is 1. The fourth-order valence-corrected chi connectivity index (χ4v) is 2.54. The summed E-state index contributed by atoms with van der Waals surface area (Å²) in [6.45, 7) is 3.08. The number of amides is 1. The minimum Gasteiger partial charge on any atom is -0.354 e. The Morgan fingerprint density at radius 3 is 3.21 bits per heavy atom. The van der Waals surface area contributed by atoms with Crippen LogP contribution < -0.4 is 11.1 Å². The second-order valence-electron chi connectivity index (χ2n) is 5.04. The Hall–Kier alpha value is -1.40. The Labute approximate surface area is 113 Å². The van der Waals surface area contributed by atoms with Gasteiger partial charge in [0, 0.05) is 44.0 Å². The summed E-state index contributed by atoms with van der Waals surface area (Å²) in [7, 11) is 0. The number of aromatic nitrogens is 2. The molecule has 0 radical (unpaired) electrons. The van der Waals surface area contributed by atoms with Crippen molar-refractivity contribution < 1.29 is 4.79 Å². The molecule has 1 amide bonds. The van der Waals surface area contributed by atoms with Gasteiger partial charge in [0.25, 0.3) is 0 Å². The highest BCUT2D eigenvalue weighted by Crippen LogP contribution is 2.18. The number of H-pyrrole nitrogens is 1. The first-order valence-corrected chi connectivity index (χ1v) is 6.98. The van der Waals surface area contributed by atoms with Crippen molar-refractivity contribution in [2.75, 3.05) is 19.6 Å². The van der Waals surface area contributed by atoms with E-state index < -0.39 is 0 Å². The zero-order chi connectivity index (χ0) is 13.5. The molecule has 0 aliphatic carbocycles. The smallest absolute Gasteiger partial charge is 0.221 e. The maximum Gasteiger partial charge on any atom is 0.221 e. The van der Waals surface area contributed by atoms with Gasteiger partial charge >= 0.3 is 0 Å². The van der Waals surface area contributed by atoms with E-state index in [9.17, 15) is 4.79 Å². The van der Waals surface area contributed by atoms with Gasteiger partial charge in [0.1, 0.15) is 0 Å². The number of rotatable bonds is 6. The molecule has 0 spiro atoms. The molecule has 19 heavy (non-hydrogen) atoms. The summed E-state index contributed by atoms with van der Waals surface area (Å²) >= 11 is 0. The number of hydrogen-bond donors (Lipinski definition) is 3. The number of nitrogens with one attached hydrogen (secondary N) is 2. The largest absolute Gasteiger partial charge is 0.354 e. The maximum absolute atomic E-state index is 11.5. The molecule has 1 aromatic heterocycles. The molecule has 2 heterocycles. The zero-order valence-corrected chi connectivity index (χ0v) is 11.3. The number of nitrogens with zero attached hydrogens (tertiary/aromatic N) is 2. The van der Waals surface area contributed by atoms with Crippen LogP contribution in [0.25, 0.3) is 0 Å². The molecule has 1 saturated heterocycles. The van der Waals surface area contributed by atoms with Crippen LogP contribution in [-0.2, 0) is 11.3 Å². The van der Waals surface area contributed by atoms with Crippen LogP contribution in [0.2, 0.25) is 0 Å². The van der Waals surface area contributed by atoms with Crippen LogP contribution in [0.15, 0.2) is 12.3 Å². The second-order valence-corrected chi connectivity index (χ2v) is 5.04. The summed E-state index contributed by atoms with van der Waals surface area (Å²) in [6.07, 6.45) is 5.78. The molecule has 0 aromatic carbocycles. The van der Waals surface area contributed by atoms with Gasteiger partial charge in [-0.15, -0.1) is 0 Å². The SMILES string of the molecule is NCCC(=O)NCC1CCCCN1Cc1ccn[nH]1. The minimum absolute atomic E-state index is 0.0505. The molecule has 0 bridgehead atoms. The first kappa shape index (κ1) is 14.0.